The molecule has 0 aliphatic heterocycles. The molecule has 0 bridgehead atoms. The molecule has 2 rings (SSSR count). The van der Waals surface area contributed by atoms with Gasteiger partial charge in [-0.05, 0) is 18.2 Å². The van der Waals surface area contributed by atoms with Crippen molar-refractivity contribution in [2.45, 2.75) is 6.61 Å². The quantitative estimate of drug-likeness (QED) is 0.843. The fraction of sp³-hybridized carbons (Fsp3) is 0.250. The average Bonchev–Trinajstić information content (AvgIpc) is 2.86. The molecular weight excluding hydrogens is 220 g/mol. The molecule has 0 saturated carbocycles. The monoisotopic (exact) mass is 234 g/mol. The highest BCUT2D eigenvalue weighted by Gasteiger charge is 2.10. The van der Waals surface area contributed by atoms with E-state index >= 15 is 0 Å². The maximum atomic E-state index is 8.98. The van der Waals surface area contributed by atoms with Gasteiger partial charge in [-0.15, -0.1) is 0 Å². The Bertz CT molecular complexity index is 508. The van der Waals surface area contributed by atoms with Gasteiger partial charge in [-0.2, -0.15) is 5.10 Å². The van der Waals surface area contributed by atoms with Crippen molar-refractivity contribution in [3.8, 4) is 22.8 Å². The van der Waals surface area contributed by atoms with Gasteiger partial charge < -0.3 is 14.6 Å². The van der Waals surface area contributed by atoms with Crippen LogP contribution in [-0.2, 0) is 6.61 Å². The van der Waals surface area contributed by atoms with Gasteiger partial charge in [0.1, 0.15) is 11.5 Å². The minimum absolute atomic E-state index is 0.0640. The molecule has 0 aliphatic rings. The summed E-state index contributed by atoms with van der Waals surface area (Å²) < 4.78 is 10.4. The number of benzene rings is 1. The Labute approximate surface area is 99.0 Å². The van der Waals surface area contributed by atoms with E-state index in [2.05, 4.69) is 10.2 Å². The average molecular weight is 234 g/mol. The first kappa shape index (κ1) is 11.5. The number of rotatable bonds is 4. The van der Waals surface area contributed by atoms with E-state index in [0.717, 1.165) is 17.0 Å². The Morgan fingerprint density at radius 2 is 2.06 bits per heavy atom. The predicted molar refractivity (Wildman–Crippen MR) is 63.1 cm³/mol. The Hall–Kier alpha value is -2.01. The molecule has 5 nitrogen and oxygen atoms in total. The molecule has 1 aromatic heterocycles. The first-order valence-electron chi connectivity index (χ1n) is 5.16. The summed E-state index contributed by atoms with van der Waals surface area (Å²) in [4.78, 5) is 0. The molecule has 5 heteroatoms. The molecule has 0 aliphatic carbocycles. The number of aromatic nitrogens is 2. The molecule has 1 aromatic carbocycles. The van der Waals surface area contributed by atoms with Crippen molar-refractivity contribution in [2.75, 3.05) is 14.2 Å². The fourth-order valence-electron chi connectivity index (χ4n) is 1.59. The summed E-state index contributed by atoms with van der Waals surface area (Å²) in [5.41, 5.74) is 2.25. The zero-order valence-electron chi connectivity index (χ0n) is 9.73. The molecule has 0 fully saturated rings. The van der Waals surface area contributed by atoms with Gasteiger partial charge in [0.25, 0.3) is 0 Å². The van der Waals surface area contributed by atoms with E-state index in [1.807, 2.05) is 12.1 Å². The number of aliphatic hydroxyl groups is 1. The van der Waals surface area contributed by atoms with Crippen molar-refractivity contribution < 1.29 is 14.6 Å². The summed E-state index contributed by atoms with van der Waals surface area (Å²) in [7, 11) is 3.20. The number of nitrogens with one attached hydrogen (secondary N) is 1. The smallest absolute Gasteiger partial charge is 0.132 e. The highest BCUT2D eigenvalue weighted by atomic mass is 16.5. The summed E-state index contributed by atoms with van der Waals surface area (Å²) in [5, 5.41) is 15.8. The second-order valence-electron chi connectivity index (χ2n) is 3.50. The number of ether oxygens (including phenoxy) is 2. The zero-order valence-corrected chi connectivity index (χ0v) is 9.73. The normalized spacial score (nSPS) is 10.3. The minimum atomic E-state index is -0.0640. The lowest BCUT2D eigenvalue weighted by molar-refractivity contribution is 0.276. The van der Waals surface area contributed by atoms with Crippen LogP contribution in [0.1, 0.15) is 5.69 Å². The molecule has 0 radical (unpaired) electrons. The zero-order chi connectivity index (χ0) is 12.3. The third-order valence-corrected chi connectivity index (χ3v) is 2.49. The van der Waals surface area contributed by atoms with Crippen molar-refractivity contribution in [2.24, 2.45) is 0 Å². The van der Waals surface area contributed by atoms with E-state index < -0.39 is 0 Å². The second kappa shape index (κ2) is 4.88. The van der Waals surface area contributed by atoms with Crippen LogP contribution in [0.4, 0.5) is 0 Å². The maximum absolute atomic E-state index is 8.98. The topological polar surface area (TPSA) is 67.4 Å². The van der Waals surface area contributed by atoms with Gasteiger partial charge in [-0.3, -0.25) is 5.10 Å². The summed E-state index contributed by atoms with van der Waals surface area (Å²) in [6.07, 6.45) is 0. The third kappa shape index (κ3) is 2.24. The van der Waals surface area contributed by atoms with Gasteiger partial charge in [0, 0.05) is 11.6 Å². The highest BCUT2D eigenvalue weighted by Crippen LogP contribution is 2.32. The van der Waals surface area contributed by atoms with Crippen LogP contribution in [0.3, 0.4) is 0 Å². The Morgan fingerprint density at radius 3 is 2.65 bits per heavy atom. The molecule has 2 N–H and O–H groups in total. The largest absolute Gasteiger partial charge is 0.497 e. The number of methoxy groups -OCH3 is 2. The molecule has 90 valence electrons. The van der Waals surface area contributed by atoms with Gasteiger partial charge in [-0.1, -0.05) is 0 Å². The molecule has 2 aromatic rings. The van der Waals surface area contributed by atoms with E-state index in [1.165, 1.54) is 0 Å². The van der Waals surface area contributed by atoms with Crippen LogP contribution in [0.5, 0.6) is 11.5 Å². The molecule has 0 unspecified atom stereocenters. The highest BCUT2D eigenvalue weighted by molar-refractivity contribution is 5.68. The molecule has 1 heterocycles. The van der Waals surface area contributed by atoms with Gasteiger partial charge in [0.05, 0.1) is 32.2 Å². The van der Waals surface area contributed by atoms with Crippen LogP contribution < -0.4 is 9.47 Å². The van der Waals surface area contributed by atoms with Crippen LogP contribution in [0, 0.1) is 0 Å². The molecular formula is C12H14N2O3. The van der Waals surface area contributed by atoms with E-state index in [1.54, 1.807) is 26.4 Å². The first-order valence-corrected chi connectivity index (χ1v) is 5.16. The number of hydrogen-bond donors (Lipinski definition) is 2. The number of hydrogen-bond acceptors (Lipinski definition) is 4. The van der Waals surface area contributed by atoms with E-state index in [9.17, 15) is 0 Å². The van der Waals surface area contributed by atoms with Crippen molar-refractivity contribution in [3.05, 3.63) is 30.0 Å². The predicted octanol–water partition coefficient (Wildman–Crippen LogP) is 1.59. The maximum Gasteiger partial charge on any atom is 0.132 e. The van der Waals surface area contributed by atoms with Gasteiger partial charge in [-0.25, -0.2) is 0 Å². The van der Waals surface area contributed by atoms with Crippen molar-refractivity contribution in [3.63, 3.8) is 0 Å². The summed E-state index contributed by atoms with van der Waals surface area (Å²) in [6, 6.07) is 7.28. The van der Waals surface area contributed by atoms with Gasteiger partial charge >= 0.3 is 0 Å². The van der Waals surface area contributed by atoms with Crippen LogP contribution in [0.15, 0.2) is 24.3 Å². The van der Waals surface area contributed by atoms with Crippen molar-refractivity contribution in [1.29, 1.82) is 0 Å². The number of H-pyrrole nitrogens is 1. The van der Waals surface area contributed by atoms with Crippen LogP contribution >= 0.6 is 0 Å². The van der Waals surface area contributed by atoms with Crippen LogP contribution in [0.25, 0.3) is 11.3 Å². The van der Waals surface area contributed by atoms with Gasteiger partial charge in [0.15, 0.2) is 0 Å². The lowest BCUT2D eigenvalue weighted by atomic mass is 10.1. The molecule has 0 amide bonds. The summed E-state index contributed by atoms with van der Waals surface area (Å²) >= 11 is 0. The van der Waals surface area contributed by atoms with Crippen molar-refractivity contribution in [1.82, 2.24) is 10.2 Å². The minimum Gasteiger partial charge on any atom is -0.497 e. The molecule has 17 heavy (non-hydrogen) atoms. The van der Waals surface area contributed by atoms with E-state index in [4.69, 9.17) is 14.6 Å². The van der Waals surface area contributed by atoms with E-state index in [-0.39, 0.29) is 6.61 Å². The number of nitrogens with zero attached hydrogens (tertiary/aromatic N) is 1. The molecule has 0 saturated heterocycles. The Kier molecular flexibility index (Phi) is 3.30. The fourth-order valence-corrected chi connectivity index (χ4v) is 1.59. The van der Waals surface area contributed by atoms with E-state index in [0.29, 0.717) is 11.4 Å². The molecule has 0 spiro atoms. The Morgan fingerprint density at radius 1 is 1.24 bits per heavy atom. The third-order valence-electron chi connectivity index (χ3n) is 2.49. The van der Waals surface area contributed by atoms with Crippen molar-refractivity contribution >= 4 is 0 Å². The first-order chi connectivity index (χ1) is 8.28. The van der Waals surface area contributed by atoms with Crippen LogP contribution in [-0.4, -0.2) is 29.5 Å². The van der Waals surface area contributed by atoms with Gasteiger partial charge in [0.2, 0.25) is 0 Å². The lowest BCUT2D eigenvalue weighted by Gasteiger charge is -2.08. The standard InChI is InChI=1S/C12H14N2O3/c1-16-9-3-4-10(12(6-9)17-2)11-5-8(7-15)13-14-11/h3-6,15H,7H2,1-2H3,(H,13,14). The summed E-state index contributed by atoms with van der Waals surface area (Å²) in [5.74, 6) is 1.41. The SMILES string of the molecule is COc1ccc(-c2cc(CO)[nH]n2)c(OC)c1. The second-order valence-corrected chi connectivity index (χ2v) is 3.50. The Balaban J connectivity index is 2.43. The lowest BCUT2D eigenvalue weighted by Crippen LogP contribution is -1.90. The van der Waals surface area contributed by atoms with Crippen LogP contribution in [0.2, 0.25) is 0 Å². The number of aliphatic hydroxyl groups excluding tert-OH is 1. The number of aromatic amines is 1. The summed E-state index contributed by atoms with van der Waals surface area (Å²) in [6.45, 7) is -0.0640. The molecule has 0 atom stereocenters.